The van der Waals surface area contributed by atoms with E-state index >= 15 is 0 Å². The van der Waals surface area contributed by atoms with Crippen molar-refractivity contribution < 1.29 is 19.5 Å². The molecule has 0 amide bonds. The second kappa shape index (κ2) is 7.42. The van der Waals surface area contributed by atoms with Crippen molar-refractivity contribution in [2.45, 2.75) is 31.7 Å². The van der Waals surface area contributed by atoms with Gasteiger partial charge in [0, 0.05) is 19.3 Å². The Kier molecular flexibility index (Phi) is 6.98. The molecule has 5 nitrogen and oxygen atoms in total. The lowest BCUT2D eigenvalue weighted by atomic mass is 10.1. The molecule has 0 aromatic rings. The van der Waals surface area contributed by atoms with Crippen LogP contribution in [0.15, 0.2) is 0 Å². The number of Topliss-reactive ketones (excluding diaryl/α,β-unsaturated/α-hetero) is 1. The van der Waals surface area contributed by atoms with Gasteiger partial charge in [-0.1, -0.05) is 11.8 Å². The molecule has 15 heavy (non-hydrogen) atoms. The lowest BCUT2D eigenvalue weighted by Gasteiger charge is -2.04. The first-order valence-electron chi connectivity index (χ1n) is 4.54. The van der Waals surface area contributed by atoms with E-state index in [0.717, 1.165) is 11.8 Å². The van der Waals surface area contributed by atoms with Gasteiger partial charge in [-0.25, -0.2) is 0 Å². The lowest BCUT2D eigenvalue weighted by Crippen LogP contribution is -2.30. The molecule has 0 rings (SSSR count). The highest BCUT2D eigenvalue weighted by Gasteiger charge is 2.13. The van der Waals surface area contributed by atoms with E-state index < -0.39 is 12.0 Å². The average Bonchev–Trinajstić information content (AvgIpc) is 2.21. The van der Waals surface area contributed by atoms with Crippen molar-refractivity contribution in [2.24, 2.45) is 5.73 Å². The van der Waals surface area contributed by atoms with Crippen molar-refractivity contribution in [3.05, 3.63) is 0 Å². The van der Waals surface area contributed by atoms with Crippen molar-refractivity contribution in [3.8, 4) is 0 Å². The monoisotopic (exact) mass is 233 g/mol. The summed E-state index contributed by atoms with van der Waals surface area (Å²) in [4.78, 5) is 32.4. The number of ketones is 1. The highest BCUT2D eigenvalue weighted by molar-refractivity contribution is 8.13. The minimum absolute atomic E-state index is 0.0362. The Balaban J connectivity index is 3.66. The minimum Gasteiger partial charge on any atom is -0.480 e. The Morgan fingerprint density at radius 3 is 2.33 bits per heavy atom. The topological polar surface area (TPSA) is 97.5 Å². The molecule has 1 unspecified atom stereocenters. The minimum atomic E-state index is -1.11. The van der Waals surface area contributed by atoms with Gasteiger partial charge in [-0.15, -0.1) is 0 Å². The fraction of sp³-hybridized carbons (Fsp3) is 0.667. The van der Waals surface area contributed by atoms with Gasteiger partial charge in [0.05, 0.1) is 0 Å². The van der Waals surface area contributed by atoms with Crippen molar-refractivity contribution in [1.82, 2.24) is 0 Å². The smallest absolute Gasteiger partial charge is 0.320 e. The van der Waals surface area contributed by atoms with E-state index in [4.69, 9.17) is 10.8 Å². The van der Waals surface area contributed by atoms with Crippen LogP contribution in [0, 0.1) is 0 Å². The van der Waals surface area contributed by atoms with Crippen LogP contribution in [-0.2, 0) is 14.4 Å². The van der Waals surface area contributed by atoms with Gasteiger partial charge in [0.25, 0.3) is 0 Å². The van der Waals surface area contributed by atoms with E-state index in [1.165, 1.54) is 0 Å². The zero-order chi connectivity index (χ0) is 11.8. The summed E-state index contributed by atoms with van der Waals surface area (Å²) in [7, 11) is 0. The summed E-state index contributed by atoms with van der Waals surface area (Å²) in [5, 5.41) is 8.42. The number of carboxylic acids is 1. The van der Waals surface area contributed by atoms with Crippen LogP contribution in [0.1, 0.15) is 25.7 Å². The third-order valence-corrected chi connectivity index (χ3v) is 2.55. The van der Waals surface area contributed by atoms with Crippen LogP contribution in [0.4, 0.5) is 0 Å². The number of rotatable bonds is 7. The number of carbonyl (C=O) groups is 3. The fourth-order valence-corrected chi connectivity index (χ4v) is 1.21. The van der Waals surface area contributed by atoms with Gasteiger partial charge < -0.3 is 10.8 Å². The Labute approximate surface area is 92.4 Å². The highest BCUT2D eigenvalue weighted by Crippen LogP contribution is 2.06. The van der Waals surface area contributed by atoms with Gasteiger partial charge in [0.15, 0.2) is 5.12 Å². The Morgan fingerprint density at radius 1 is 1.27 bits per heavy atom. The molecule has 0 bridgehead atoms. The first kappa shape index (κ1) is 14.1. The molecule has 0 aliphatic carbocycles. The summed E-state index contributed by atoms with van der Waals surface area (Å²) in [6.45, 7) is 0. The standard InChI is InChI=1S/C9H15NO4S/c1-15-8(12)5-3-6(11)2-4-7(10)9(13)14/h7H,2-5,10H2,1H3,(H,13,14). The number of nitrogens with two attached hydrogens (primary N) is 1. The molecule has 0 spiro atoms. The molecular weight excluding hydrogens is 218 g/mol. The molecule has 0 fully saturated rings. The van der Waals surface area contributed by atoms with E-state index in [9.17, 15) is 14.4 Å². The maximum absolute atomic E-state index is 11.2. The van der Waals surface area contributed by atoms with Crippen LogP contribution in [0.3, 0.4) is 0 Å². The molecule has 3 N–H and O–H groups in total. The first-order valence-corrected chi connectivity index (χ1v) is 5.76. The van der Waals surface area contributed by atoms with Crippen LogP contribution >= 0.6 is 11.8 Å². The predicted octanol–water partition coefficient (Wildman–Crippen LogP) is 0.417. The zero-order valence-electron chi connectivity index (χ0n) is 8.56. The predicted molar refractivity (Wildman–Crippen MR) is 57.6 cm³/mol. The van der Waals surface area contributed by atoms with Crippen LogP contribution in [-0.4, -0.2) is 34.3 Å². The molecule has 0 aromatic heterocycles. The van der Waals surface area contributed by atoms with Gasteiger partial charge in [0.2, 0.25) is 0 Å². The second-order valence-electron chi connectivity index (χ2n) is 3.10. The maximum atomic E-state index is 11.2. The molecule has 6 heteroatoms. The van der Waals surface area contributed by atoms with Crippen molar-refractivity contribution >= 4 is 28.6 Å². The van der Waals surface area contributed by atoms with Gasteiger partial charge in [0.1, 0.15) is 11.8 Å². The molecular formula is C9H15NO4S. The van der Waals surface area contributed by atoms with Gasteiger partial charge >= 0.3 is 5.97 Å². The normalized spacial score (nSPS) is 12.1. The quantitative estimate of drug-likeness (QED) is 0.661. The summed E-state index contributed by atoms with van der Waals surface area (Å²) in [5.74, 6) is -1.22. The van der Waals surface area contributed by atoms with Gasteiger partial charge in [-0.2, -0.15) is 0 Å². The van der Waals surface area contributed by atoms with Crippen molar-refractivity contribution in [1.29, 1.82) is 0 Å². The number of thioether (sulfide) groups is 1. The molecule has 0 aliphatic heterocycles. The van der Waals surface area contributed by atoms with Crippen molar-refractivity contribution in [2.75, 3.05) is 6.26 Å². The SMILES string of the molecule is CSC(=O)CCC(=O)CCC(N)C(=O)O. The third-order valence-electron chi connectivity index (χ3n) is 1.89. The van der Waals surface area contributed by atoms with Crippen LogP contribution < -0.4 is 5.73 Å². The maximum Gasteiger partial charge on any atom is 0.320 e. The van der Waals surface area contributed by atoms with E-state index in [1.807, 2.05) is 0 Å². The third kappa shape index (κ3) is 7.10. The molecule has 86 valence electrons. The first-order chi connectivity index (χ1) is 6.97. The van der Waals surface area contributed by atoms with Crippen LogP contribution in [0.5, 0.6) is 0 Å². The van der Waals surface area contributed by atoms with Gasteiger partial charge in [-0.05, 0) is 12.7 Å². The molecule has 0 radical (unpaired) electrons. The summed E-state index contributed by atoms with van der Waals surface area (Å²) in [5.41, 5.74) is 5.22. The van der Waals surface area contributed by atoms with E-state index in [1.54, 1.807) is 6.26 Å². The van der Waals surface area contributed by atoms with E-state index in [-0.39, 0.29) is 36.6 Å². The summed E-state index contributed by atoms with van der Waals surface area (Å²) >= 11 is 1.09. The number of carboxylic acid groups (broad SMARTS) is 1. The average molecular weight is 233 g/mol. The summed E-state index contributed by atoms with van der Waals surface area (Å²) < 4.78 is 0. The van der Waals surface area contributed by atoms with E-state index in [2.05, 4.69) is 0 Å². The molecule has 1 atom stereocenters. The Bertz CT molecular complexity index is 254. The second-order valence-corrected chi connectivity index (χ2v) is 3.96. The Morgan fingerprint density at radius 2 is 1.87 bits per heavy atom. The van der Waals surface area contributed by atoms with Crippen LogP contribution in [0.2, 0.25) is 0 Å². The zero-order valence-corrected chi connectivity index (χ0v) is 9.38. The number of hydrogen-bond donors (Lipinski definition) is 2. The number of aliphatic carboxylic acids is 1. The van der Waals surface area contributed by atoms with Gasteiger partial charge in [-0.3, -0.25) is 14.4 Å². The summed E-state index contributed by atoms with van der Waals surface area (Å²) in [6, 6.07) is -0.995. The molecule has 0 saturated carbocycles. The summed E-state index contributed by atoms with van der Waals surface area (Å²) in [6.07, 6.45) is 2.29. The van der Waals surface area contributed by atoms with E-state index in [0.29, 0.717) is 0 Å². The molecule has 0 aliphatic rings. The molecule has 0 saturated heterocycles. The molecule has 0 heterocycles. The highest BCUT2D eigenvalue weighted by atomic mass is 32.2. The number of hydrogen-bond acceptors (Lipinski definition) is 5. The van der Waals surface area contributed by atoms with Crippen LogP contribution in [0.25, 0.3) is 0 Å². The lowest BCUT2D eigenvalue weighted by molar-refractivity contribution is -0.138. The largest absolute Gasteiger partial charge is 0.480 e. The van der Waals surface area contributed by atoms with Crippen molar-refractivity contribution in [3.63, 3.8) is 0 Å². The number of carbonyl (C=O) groups excluding carboxylic acids is 2. The Hall–Kier alpha value is -0.880. The molecule has 0 aromatic carbocycles. The fourth-order valence-electron chi connectivity index (χ4n) is 0.909.